The Labute approximate surface area is 171 Å². The quantitative estimate of drug-likeness (QED) is 0.762. The lowest BCUT2D eigenvalue weighted by atomic mass is 9.72. The van der Waals surface area contributed by atoms with Crippen LogP contribution in [0.1, 0.15) is 36.1 Å². The SMILES string of the molecule is Cn1cc(C2CC3C(CC2F)NNC3c2cc(N3CCS(=O)CC3)ncn2)cn1. The Bertz CT molecular complexity index is 898. The number of aryl methyl sites for hydroxylation is 1. The lowest BCUT2D eigenvalue weighted by Gasteiger charge is -2.35. The maximum atomic E-state index is 14.9. The number of rotatable bonds is 3. The van der Waals surface area contributed by atoms with Gasteiger partial charge in [-0.25, -0.2) is 19.8 Å². The molecule has 10 heteroatoms. The number of hydrogen-bond donors (Lipinski definition) is 2. The second-order valence-electron chi connectivity index (χ2n) is 8.21. The Morgan fingerprint density at radius 1 is 1.21 bits per heavy atom. The molecule has 0 bridgehead atoms. The fraction of sp³-hybridized carbons (Fsp3) is 0.632. The number of hydrogen-bond acceptors (Lipinski definition) is 7. The van der Waals surface area contributed by atoms with Gasteiger partial charge in [0.25, 0.3) is 0 Å². The number of nitrogens with zero attached hydrogens (tertiary/aromatic N) is 5. The highest BCUT2D eigenvalue weighted by atomic mass is 32.2. The van der Waals surface area contributed by atoms with Crippen LogP contribution in [0.15, 0.2) is 24.8 Å². The number of anilines is 1. The minimum Gasteiger partial charge on any atom is -0.355 e. The number of alkyl halides is 1. The molecule has 8 nitrogen and oxygen atoms in total. The zero-order valence-electron chi connectivity index (χ0n) is 16.4. The molecule has 5 unspecified atom stereocenters. The van der Waals surface area contributed by atoms with Gasteiger partial charge in [-0.3, -0.25) is 14.3 Å². The first kappa shape index (κ1) is 19.1. The molecule has 3 fully saturated rings. The summed E-state index contributed by atoms with van der Waals surface area (Å²) in [6.07, 6.45) is 5.64. The summed E-state index contributed by atoms with van der Waals surface area (Å²) in [4.78, 5) is 11.1. The predicted molar refractivity (Wildman–Crippen MR) is 108 cm³/mol. The molecule has 2 aromatic heterocycles. The van der Waals surface area contributed by atoms with Crippen molar-refractivity contribution in [2.45, 2.75) is 37.0 Å². The summed E-state index contributed by atoms with van der Waals surface area (Å²) in [6.45, 7) is 1.50. The lowest BCUT2D eigenvalue weighted by Crippen LogP contribution is -2.39. The predicted octanol–water partition coefficient (Wildman–Crippen LogP) is 0.828. The largest absolute Gasteiger partial charge is 0.355 e. The molecule has 1 saturated carbocycles. The highest BCUT2D eigenvalue weighted by molar-refractivity contribution is 7.85. The highest BCUT2D eigenvalue weighted by Crippen LogP contribution is 2.45. The Hall–Kier alpha value is -1.91. The van der Waals surface area contributed by atoms with Gasteiger partial charge in [0.1, 0.15) is 18.3 Å². The molecule has 0 aromatic carbocycles. The van der Waals surface area contributed by atoms with E-state index >= 15 is 0 Å². The van der Waals surface area contributed by atoms with Crippen LogP contribution in [0.5, 0.6) is 0 Å². The van der Waals surface area contributed by atoms with Crippen LogP contribution in [0.3, 0.4) is 0 Å². The number of halogens is 1. The molecule has 2 aliphatic heterocycles. The van der Waals surface area contributed by atoms with Crippen LogP contribution < -0.4 is 15.8 Å². The molecule has 1 aliphatic carbocycles. The molecule has 2 aromatic rings. The van der Waals surface area contributed by atoms with Crippen molar-refractivity contribution < 1.29 is 8.60 Å². The standard InChI is InChI=1S/C19H26FN7OS/c1-26-10-12(9-23-26)13-6-14-16(7-15(13)20)24-25-19(14)17-8-18(22-11-21-17)27-2-4-29(28)5-3-27/h8-11,13-16,19,24-25H,2-7H2,1H3. The van der Waals surface area contributed by atoms with Crippen molar-refractivity contribution in [2.24, 2.45) is 13.0 Å². The van der Waals surface area contributed by atoms with E-state index in [4.69, 9.17) is 0 Å². The second-order valence-corrected chi connectivity index (χ2v) is 9.91. The Kier molecular flexibility index (Phi) is 5.09. The number of hydrazine groups is 1. The van der Waals surface area contributed by atoms with Crippen LogP contribution in [0, 0.1) is 5.92 Å². The van der Waals surface area contributed by atoms with Crippen molar-refractivity contribution >= 4 is 16.6 Å². The summed E-state index contributed by atoms with van der Waals surface area (Å²) in [7, 11) is 1.14. The van der Waals surface area contributed by atoms with Crippen LogP contribution in [-0.4, -0.2) is 60.8 Å². The van der Waals surface area contributed by atoms with Gasteiger partial charge in [0, 0.05) is 66.7 Å². The summed E-state index contributed by atoms with van der Waals surface area (Å²) in [5.41, 5.74) is 8.54. The monoisotopic (exact) mass is 419 g/mol. The van der Waals surface area contributed by atoms with Crippen molar-refractivity contribution in [3.05, 3.63) is 36.0 Å². The molecule has 5 atom stereocenters. The summed E-state index contributed by atoms with van der Waals surface area (Å²) in [5, 5.41) is 4.23. The maximum Gasteiger partial charge on any atom is 0.132 e. The van der Waals surface area contributed by atoms with Crippen LogP contribution in [0.25, 0.3) is 0 Å². The first-order valence-corrected chi connectivity index (χ1v) is 11.6. The van der Waals surface area contributed by atoms with Gasteiger partial charge in [-0.1, -0.05) is 0 Å². The molecule has 0 amide bonds. The molecule has 2 N–H and O–H groups in total. The molecule has 156 valence electrons. The third-order valence-corrected chi connectivity index (χ3v) is 7.73. The van der Waals surface area contributed by atoms with Crippen molar-refractivity contribution in [2.75, 3.05) is 29.5 Å². The van der Waals surface area contributed by atoms with Crippen LogP contribution in [-0.2, 0) is 17.8 Å². The summed E-state index contributed by atoms with van der Waals surface area (Å²) in [5.74, 6) is 2.33. The normalized spacial score (nSPS) is 33.0. The average Bonchev–Trinajstić information content (AvgIpc) is 3.34. The van der Waals surface area contributed by atoms with Gasteiger partial charge in [0.05, 0.1) is 17.9 Å². The second kappa shape index (κ2) is 7.73. The van der Waals surface area contributed by atoms with E-state index < -0.39 is 17.0 Å². The number of fused-ring (bicyclic) bond motifs is 1. The molecule has 29 heavy (non-hydrogen) atoms. The van der Waals surface area contributed by atoms with Gasteiger partial charge >= 0.3 is 0 Å². The molecule has 3 aliphatic rings. The van der Waals surface area contributed by atoms with Crippen molar-refractivity contribution in [1.82, 2.24) is 30.6 Å². The molecule has 0 spiro atoms. The van der Waals surface area contributed by atoms with E-state index in [1.165, 1.54) is 0 Å². The molecule has 4 heterocycles. The lowest BCUT2D eigenvalue weighted by molar-refractivity contribution is 0.153. The van der Waals surface area contributed by atoms with Gasteiger partial charge < -0.3 is 4.90 Å². The zero-order valence-corrected chi connectivity index (χ0v) is 17.2. The molecular formula is C19H26FN7OS. The fourth-order valence-corrected chi connectivity index (χ4v) is 5.92. The third-order valence-electron chi connectivity index (χ3n) is 6.46. The zero-order chi connectivity index (χ0) is 20.0. The van der Waals surface area contributed by atoms with Gasteiger partial charge in [0.2, 0.25) is 0 Å². The van der Waals surface area contributed by atoms with E-state index in [-0.39, 0.29) is 23.9 Å². The van der Waals surface area contributed by atoms with Gasteiger partial charge in [-0.05, 0) is 24.3 Å². The van der Waals surface area contributed by atoms with Gasteiger partial charge in [0.15, 0.2) is 0 Å². The van der Waals surface area contributed by atoms with E-state index in [0.29, 0.717) is 17.9 Å². The van der Waals surface area contributed by atoms with E-state index in [0.717, 1.165) is 36.6 Å². The summed E-state index contributed by atoms with van der Waals surface area (Å²) in [6, 6.07) is 2.11. The first-order chi connectivity index (χ1) is 14.1. The average molecular weight is 420 g/mol. The molecular weight excluding hydrogens is 393 g/mol. The highest BCUT2D eigenvalue weighted by Gasteiger charge is 2.46. The van der Waals surface area contributed by atoms with E-state index in [9.17, 15) is 8.60 Å². The Morgan fingerprint density at radius 3 is 2.79 bits per heavy atom. The van der Waals surface area contributed by atoms with E-state index in [1.54, 1.807) is 17.2 Å². The minimum atomic E-state index is -0.885. The fourth-order valence-electron chi connectivity index (χ4n) is 4.87. The topological polar surface area (TPSA) is 88.0 Å². The number of nitrogens with one attached hydrogen (secondary N) is 2. The van der Waals surface area contributed by atoms with Crippen molar-refractivity contribution in [3.8, 4) is 0 Å². The van der Waals surface area contributed by atoms with Crippen LogP contribution in [0.2, 0.25) is 0 Å². The van der Waals surface area contributed by atoms with E-state index in [2.05, 4.69) is 30.8 Å². The Morgan fingerprint density at radius 2 is 2.03 bits per heavy atom. The maximum absolute atomic E-state index is 14.9. The molecule has 0 radical (unpaired) electrons. The summed E-state index contributed by atoms with van der Waals surface area (Å²) < 4.78 is 28.3. The molecule has 2 saturated heterocycles. The van der Waals surface area contributed by atoms with E-state index in [1.807, 2.05) is 19.3 Å². The number of aromatic nitrogens is 4. The van der Waals surface area contributed by atoms with Gasteiger partial charge in [-0.2, -0.15) is 5.10 Å². The smallest absolute Gasteiger partial charge is 0.132 e. The summed E-state index contributed by atoms with van der Waals surface area (Å²) >= 11 is 0. The first-order valence-electron chi connectivity index (χ1n) is 10.1. The van der Waals surface area contributed by atoms with Gasteiger partial charge in [-0.15, -0.1) is 0 Å². The van der Waals surface area contributed by atoms with Crippen molar-refractivity contribution in [1.29, 1.82) is 0 Å². The van der Waals surface area contributed by atoms with Crippen LogP contribution >= 0.6 is 0 Å². The van der Waals surface area contributed by atoms with Crippen molar-refractivity contribution in [3.63, 3.8) is 0 Å². The Balaban J connectivity index is 1.36. The van der Waals surface area contributed by atoms with Crippen LogP contribution in [0.4, 0.5) is 10.2 Å². The minimum absolute atomic E-state index is 0.00680. The molecule has 5 rings (SSSR count). The third kappa shape index (κ3) is 3.69.